The van der Waals surface area contributed by atoms with E-state index in [4.69, 9.17) is 5.73 Å². The van der Waals surface area contributed by atoms with Gasteiger partial charge in [0.1, 0.15) is 17.6 Å². The third kappa shape index (κ3) is 2.13. The molecule has 1 unspecified atom stereocenters. The molecule has 0 amide bonds. The SMILES string of the molecule is CCC(O)n1cc2c(N)nc3cc(-n4cccn4)ccc3c2n1. The van der Waals surface area contributed by atoms with Crippen LogP contribution in [0.4, 0.5) is 5.82 Å². The predicted molar refractivity (Wildman–Crippen MR) is 88.1 cm³/mol. The van der Waals surface area contributed by atoms with E-state index >= 15 is 0 Å². The molecule has 0 aliphatic carbocycles. The highest BCUT2D eigenvalue weighted by molar-refractivity contribution is 6.07. The number of aliphatic hydroxyl groups is 1. The minimum absolute atomic E-state index is 0.402. The van der Waals surface area contributed by atoms with Gasteiger partial charge in [-0.25, -0.2) is 14.3 Å². The summed E-state index contributed by atoms with van der Waals surface area (Å²) in [4.78, 5) is 4.47. The van der Waals surface area contributed by atoms with Crippen molar-refractivity contribution in [3.8, 4) is 5.69 Å². The Bertz CT molecular complexity index is 989. The molecule has 0 bridgehead atoms. The van der Waals surface area contributed by atoms with Gasteiger partial charge in [-0.15, -0.1) is 0 Å². The van der Waals surface area contributed by atoms with E-state index in [2.05, 4.69) is 15.2 Å². The van der Waals surface area contributed by atoms with Crippen LogP contribution in [-0.2, 0) is 0 Å². The standard InChI is InChI=1S/C16H16N6O/c1-2-14(23)22-9-12-15(20-22)11-5-4-10(21-7-3-6-18-21)8-13(11)19-16(12)17/h3-9,14,23H,2H2,1H3,(H2,17,19). The fraction of sp³-hybridized carbons (Fsp3) is 0.188. The topological polar surface area (TPSA) is 94.8 Å². The van der Waals surface area contributed by atoms with Gasteiger partial charge in [0.05, 0.1) is 16.6 Å². The number of aliphatic hydroxyl groups excluding tert-OH is 1. The summed E-state index contributed by atoms with van der Waals surface area (Å²) >= 11 is 0. The van der Waals surface area contributed by atoms with Crippen molar-refractivity contribution in [1.82, 2.24) is 24.5 Å². The molecule has 0 radical (unpaired) electrons. The summed E-state index contributed by atoms with van der Waals surface area (Å²) in [5.74, 6) is 0.402. The van der Waals surface area contributed by atoms with Crippen molar-refractivity contribution in [1.29, 1.82) is 0 Å². The quantitative estimate of drug-likeness (QED) is 0.605. The largest absolute Gasteiger partial charge is 0.383 e. The lowest BCUT2D eigenvalue weighted by molar-refractivity contribution is 0.0875. The van der Waals surface area contributed by atoms with E-state index in [-0.39, 0.29) is 0 Å². The molecule has 0 aliphatic rings. The lowest BCUT2D eigenvalue weighted by Gasteiger charge is -2.06. The zero-order chi connectivity index (χ0) is 16.0. The molecule has 7 nitrogen and oxygen atoms in total. The first-order valence-corrected chi connectivity index (χ1v) is 7.43. The van der Waals surface area contributed by atoms with Gasteiger partial charge in [-0.05, 0) is 30.7 Å². The van der Waals surface area contributed by atoms with Gasteiger partial charge in [0.15, 0.2) is 0 Å². The summed E-state index contributed by atoms with van der Waals surface area (Å²) in [6.07, 6.45) is 5.24. The maximum absolute atomic E-state index is 9.99. The van der Waals surface area contributed by atoms with E-state index in [1.807, 2.05) is 37.4 Å². The van der Waals surface area contributed by atoms with Crippen LogP contribution in [0.15, 0.2) is 42.9 Å². The molecule has 4 rings (SSSR count). The van der Waals surface area contributed by atoms with Crippen LogP contribution in [0.1, 0.15) is 19.6 Å². The maximum Gasteiger partial charge on any atom is 0.146 e. The molecule has 116 valence electrons. The summed E-state index contributed by atoms with van der Waals surface area (Å²) in [6, 6.07) is 7.70. The number of nitrogens with two attached hydrogens (primary N) is 1. The lowest BCUT2D eigenvalue weighted by Crippen LogP contribution is -2.06. The van der Waals surface area contributed by atoms with Crippen molar-refractivity contribution in [3.05, 3.63) is 42.9 Å². The first-order valence-electron chi connectivity index (χ1n) is 7.43. The van der Waals surface area contributed by atoms with E-state index in [0.29, 0.717) is 12.2 Å². The predicted octanol–water partition coefficient (Wildman–Crippen LogP) is 2.25. The average Bonchev–Trinajstić information content (AvgIpc) is 3.23. The number of hydrogen-bond acceptors (Lipinski definition) is 5. The van der Waals surface area contributed by atoms with E-state index in [1.54, 1.807) is 17.1 Å². The Kier molecular flexibility index (Phi) is 3.02. The number of rotatable bonds is 3. The third-order valence-electron chi connectivity index (χ3n) is 3.92. The number of benzene rings is 1. The van der Waals surface area contributed by atoms with Gasteiger partial charge in [0.2, 0.25) is 0 Å². The van der Waals surface area contributed by atoms with Crippen LogP contribution in [-0.4, -0.2) is 29.7 Å². The Labute approximate surface area is 132 Å². The second-order valence-electron chi connectivity index (χ2n) is 5.41. The lowest BCUT2D eigenvalue weighted by atomic mass is 10.1. The second kappa shape index (κ2) is 5.06. The highest BCUT2D eigenvalue weighted by atomic mass is 16.3. The zero-order valence-corrected chi connectivity index (χ0v) is 12.6. The van der Waals surface area contributed by atoms with Gasteiger partial charge in [-0.2, -0.15) is 10.2 Å². The van der Waals surface area contributed by atoms with Gasteiger partial charge in [0, 0.05) is 24.0 Å². The average molecular weight is 308 g/mol. The molecule has 7 heteroatoms. The van der Waals surface area contributed by atoms with Crippen LogP contribution < -0.4 is 5.73 Å². The number of anilines is 1. The number of nitrogens with zero attached hydrogens (tertiary/aromatic N) is 5. The van der Waals surface area contributed by atoms with Gasteiger partial charge in [0.25, 0.3) is 0 Å². The summed E-state index contributed by atoms with van der Waals surface area (Å²) in [7, 11) is 0. The minimum Gasteiger partial charge on any atom is -0.383 e. The van der Waals surface area contributed by atoms with Crippen molar-refractivity contribution < 1.29 is 5.11 Å². The Morgan fingerprint density at radius 2 is 2.17 bits per heavy atom. The van der Waals surface area contributed by atoms with Crippen molar-refractivity contribution in [3.63, 3.8) is 0 Å². The smallest absolute Gasteiger partial charge is 0.146 e. The summed E-state index contributed by atoms with van der Waals surface area (Å²) in [5.41, 5.74) is 8.47. The second-order valence-corrected chi connectivity index (χ2v) is 5.41. The van der Waals surface area contributed by atoms with Gasteiger partial charge in [-0.1, -0.05) is 6.92 Å². The Morgan fingerprint density at radius 1 is 1.30 bits per heavy atom. The number of pyridine rings is 1. The molecule has 4 aromatic rings. The Hall–Kier alpha value is -2.93. The van der Waals surface area contributed by atoms with Crippen molar-refractivity contribution in [2.75, 3.05) is 5.73 Å². The normalized spacial score (nSPS) is 13.0. The molecule has 3 N–H and O–H groups in total. The van der Waals surface area contributed by atoms with E-state index in [1.165, 1.54) is 4.68 Å². The van der Waals surface area contributed by atoms with E-state index in [0.717, 1.165) is 27.5 Å². The molecule has 0 spiro atoms. The van der Waals surface area contributed by atoms with Crippen LogP contribution in [0.3, 0.4) is 0 Å². The summed E-state index contributed by atoms with van der Waals surface area (Å²) in [5, 5.41) is 20.3. The van der Waals surface area contributed by atoms with Gasteiger partial charge >= 0.3 is 0 Å². The fourth-order valence-electron chi connectivity index (χ4n) is 2.68. The van der Waals surface area contributed by atoms with Crippen molar-refractivity contribution >= 4 is 27.6 Å². The molecule has 0 saturated heterocycles. The molecular formula is C16H16N6O. The van der Waals surface area contributed by atoms with Crippen LogP contribution in [0.25, 0.3) is 27.5 Å². The van der Waals surface area contributed by atoms with E-state index < -0.39 is 6.23 Å². The Morgan fingerprint density at radius 3 is 2.91 bits per heavy atom. The Balaban J connectivity index is 1.96. The molecule has 0 saturated carbocycles. The monoisotopic (exact) mass is 308 g/mol. The number of fused-ring (bicyclic) bond motifs is 3. The first-order chi connectivity index (χ1) is 11.2. The minimum atomic E-state index is -0.666. The van der Waals surface area contributed by atoms with Crippen LogP contribution >= 0.6 is 0 Å². The van der Waals surface area contributed by atoms with Crippen LogP contribution in [0.2, 0.25) is 0 Å². The molecular weight excluding hydrogens is 292 g/mol. The highest BCUT2D eigenvalue weighted by Crippen LogP contribution is 2.29. The molecule has 0 fully saturated rings. The molecule has 1 aromatic carbocycles. The summed E-state index contributed by atoms with van der Waals surface area (Å²) < 4.78 is 3.30. The van der Waals surface area contributed by atoms with Crippen LogP contribution in [0.5, 0.6) is 0 Å². The molecule has 3 heterocycles. The number of hydrogen-bond donors (Lipinski definition) is 2. The van der Waals surface area contributed by atoms with Gasteiger partial charge < -0.3 is 10.8 Å². The molecule has 3 aromatic heterocycles. The van der Waals surface area contributed by atoms with Crippen molar-refractivity contribution in [2.24, 2.45) is 0 Å². The van der Waals surface area contributed by atoms with E-state index in [9.17, 15) is 5.11 Å². The highest BCUT2D eigenvalue weighted by Gasteiger charge is 2.14. The number of nitrogen functional groups attached to an aromatic ring is 1. The molecule has 23 heavy (non-hydrogen) atoms. The summed E-state index contributed by atoms with van der Waals surface area (Å²) in [6.45, 7) is 1.90. The molecule has 1 atom stereocenters. The first kappa shape index (κ1) is 13.7. The zero-order valence-electron chi connectivity index (χ0n) is 12.6. The maximum atomic E-state index is 9.99. The van der Waals surface area contributed by atoms with Crippen LogP contribution in [0, 0.1) is 0 Å². The third-order valence-corrected chi connectivity index (χ3v) is 3.92. The van der Waals surface area contributed by atoms with Crippen molar-refractivity contribution in [2.45, 2.75) is 19.6 Å². The van der Waals surface area contributed by atoms with Gasteiger partial charge in [-0.3, -0.25) is 0 Å². The number of aromatic nitrogens is 5. The fourth-order valence-corrected chi connectivity index (χ4v) is 2.68. The molecule has 0 aliphatic heterocycles.